The summed E-state index contributed by atoms with van der Waals surface area (Å²) in [5, 5.41) is 1.10. The molecule has 0 unspecified atom stereocenters. The van der Waals surface area contributed by atoms with Crippen LogP contribution in [-0.4, -0.2) is 47.2 Å². The maximum atomic E-state index is 12.5. The minimum atomic E-state index is -3.08. The van der Waals surface area contributed by atoms with E-state index < -0.39 is 9.84 Å². The second kappa shape index (κ2) is 7.89. The lowest BCUT2D eigenvalue weighted by molar-refractivity contribution is -0.117. The maximum absolute atomic E-state index is 12.5. The van der Waals surface area contributed by atoms with E-state index in [1.54, 1.807) is 6.07 Å². The molecule has 28 heavy (non-hydrogen) atoms. The van der Waals surface area contributed by atoms with Crippen molar-refractivity contribution in [1.82, 2.24) is 4.90 Å². The summed E-state index contributed by atoms with van der Waals surface area (Å²) in [7, 11) is -3.08. The van der Waals surface area contributed by atoms with Crippen molar-refractivity contribution in [2.75, 3.05) is 11.5 Å². The highest BCUT2D eigenvalue weighted by Crippen LogP contribution is 2.39. The van der Waals surface area contributed by atoms with Crippen LogP contribution in [0.4, 0.5) is 0 Å². The molecule has 0 saturated carbocycles. The molecule has 2 heterocycles. The highest BCUT2D eigenvalue weighted by Gasteiger charge is 2.48. The first kappa shape index (κ1) is 19.5. The number of hydrogen-bond acceptors (Lipinski definition) is 4. The Balaban J connectivity index is 1.60. The third kappa shape index (κ3) is 4.26. The van der Waals surface area contributed by atoms with Gasteiger partial charge in [-0.1, -0.05) is 71.9 Å². The molecule has 2 atom stereocenters. The number of sulfone groups is 1. The first-order valence-corrected chi connectivity index (χ1v) is 12.0. The zero-order chi connectivity index (χ0) is 19.7. The molecule has 2 aromatic rings. The van der Waals surface area contributed by atoms with Crippen LogP contribution in [0.15, 0.2) is 59.6 Å². The van der Waals surface area contributed by atoms with Crippen LogP contribution in [0.3, 0.4) is 0 Å². The topological polar surface area (TPSA) is 66.8 Å². The predicted octanol–water partition coefficient (Wildman–Crippen LogP) is 3.18. The number of nitrogens with zero attached hydrogens (tertiary/aromatic N) is 2. The van der Waals surface area contributed by atoms with Gasteiger partial charge in [0.25, 0.3) is 5.91 Å². The smallest absolute Gasteiger partial charge is 0.252 e. The van der Waals surface area contributed by atoms with Crippen molar-refractivity contribution in [2.45, 2.75) is 24.3 Å². The first-order valence-electron chi connectivity index (χ1n) is 8.94. The van der Waals surface area contributed by atoms with Crippen molar-refractivity contribution in [3.8, 4) is 0 Å². The van der Waals surface area contributed by atoms with Gasteiger partial charge in [-0.05, 0) is 17.2 Å². The Kier molecular flexibility index (Phi) is 5.49. The monoisotopic (exact) mass is 434 g/mol. The van der Waals surface area contributed by atoms with E-state index in [-0.39, 0.29) is 35.1 Å². The van der Waals surface area contributed by atoms with Crippen molar-refractivity contribution in [3.63, 3.8) is 0 Å². The lowest BCUT2D eigenvalue weighted by Crippen LogP contribution is -2.37. The summed E-state index contributed by atoms with van der Waals surface area (Å²) in [5.41, 5.74) is 1.79. The molecule has 2 fully saturated rings. The molecule has 0 N–H and O–H groups in total. The van der Waals surface area contributed by atoms with E-state index >= 15 is 0 Å². The number of thioether (sulfide) groups is 1. The quantitative estimate of drug-likeness (QED) is 0.739. The Morgan fingerprint density at radius 3 is 2.57 bits per heavy atom. The molecule has 8 heteroatoms. The standard InChI is InChI=1S/C20H19ClN2O3S2/c21-16-9-5-4-8-15(16)11-23-17-12-28(25,26)13-18(17)27-20(23)22-19(24)10-14-6-2-1-3-7-14/h1-9,17-18H,10-13H2/t17-,18-/m1/s1. The summed E-state index contributed by atoms with van der Waals surface area (Å²) in [6, 6.07) is 16.7. The molecule has 4 rings (SSSR count). The molecule has 0 spiro atoms. The van der Waals surface area contributed by atoms with Gasteiger partial charge in [0, 0.05) is 16.8 Å². The number of amides is 1. The number of rotatable bonds is 4. The molecule has 2 aliphatic heterocycles. The third-order valence-corrected chi connectivity index (χ3v) is 8.51. The van der Waals surface area contributed by atoms with Gasteiger partial charge >= 0.3 is 0 Å². The van der Waals surface area contributed by atoms with Gasteiger partial charge in [-0.25, -0.2) is 8.42 Å². The maximum Gasteiger partial charge on any atom is 0.252 e. The molecule has 1 amide bonds. The molecule has 2 aliphatic rings. The van der Waals surface area contributed by atoms with Crippen LogP contribution in [-0.2, 0) is 27.6 Å². The summed E-state index contributed by atoms with van der Waals surface area (Å²) in [6.45, 7) is 0.431. The largest absolute Gasteiger partial charge is 0.342 e. The van der Waals surface area contributed by atoms with E-state index in [2.05, 4.69) is 4.99 Å². The molecule has 0 aliphatic carbocycles. The number of halogens is 1. The van der Waals surface area contributed by atoms with E-state index in [0.29, 0.717) is 16.7 Å². The zero-order valence-corrected chi connectivity index (χ0v) is 17.4. The fraction of sp³-hybridized carbons (Fsp3) is 0.300. The van der Waals surface area contributed by atoms with Crippen LogP contribution in [0.25, 0.3) is 0 Å². The lowest BCUT2D eigenvalue weighted by Gasteiger charge is -2.25. The Morgan fingerprint density at radius 1 is 1.11 bits per heavy atom. The van der Waals surface area contributed by atoms with Crippen LogP contribution in [0, 0.1) is 0 Å². The van der Waals surface area contributed by atoms with Gasteiger partial charge in [-0.3, -0.25) is 4.79 Å². The Bertz CT molecular complexity index is 1020. The Hall–Kier alpha value is -1.83. The Morgan fingerprint density at radius 2 is 1.82 bits per heavy atom. The molecule has 2 saturated heterocycles. The van der Waals surface area contributed by atoms with Crippen molar-refractivity contribution in [3.05, 3.63) is 70.7 Å². The Labute approximate surface area is 173 Å². The van der Waals surface area contributed by atoms with Crippen LogP contribution < -0.4 is 0 Å². The molecular weight excluding hydrogens is 416 g/mol. The van der Waals surface area contributed by atoms with Gasteiger partial charge in [0.2, 0.25) is 0 Å². The fourth-order valence-electron chi connectivity index (χ4n) is 3.55. The normalized spacial score (nSPS) is 24.5. The third-order valence-electron chi connectivity index (χ3n) is 4.89. The summed E-state index contributed by atoms with van der Waals surface area (Å²) in [4.78, 5) is 18.8. The number of hydrogen-bond donors (Lipinski definition) is 0. The van der Waals surface area contributed by atoms with Crippen LogP contribution in [0.2, 0.25) is 5.02 Å². The predicted molar refractivity (Wildman–Crippen MR) is 113 cm³/mol. The first-order chi connectivity index (χ1) is 13.4. The minimum Gasteiger partial charge on any atom is -0.342 e. The highest BCUT2D eigenvalue weighted by molar-refractivity contribution is 8.15. The lowest BCUT2D eigenvalue weighted by atomic mass is 10.1. The van der Waals surface area contributed by atoms with Crippen molar-refractivity contribution < 1.29 is 13.2 Å². The van der Waals surface area contributed by atoms with Gasteiger partial charge in [0.1, 0.15) is 0 Å². The van der Waals surface area contributed by atoms with Crippen LogP contribution in [0.1, 0.15) is 11.1 Å². The van der Waals surface area contributed by atoms with E-state index in [1.807, 2.05) is 53.4 Å². The van der Waals surface area contributed by atoms with Gasteiger partial charge < -0.3 is 4.90 Å². The molecular formula is C20H19ClN2O3S2. The van der Waals surface area contributed by atoms with Crippen molar-refractivity contribution in [2.24, 2.45) is 4.99 Å². The van der Waals surface area contributed by atoms with Crippen molar-refractivity contribution in [1.29, 1.82) is 0 Å². The minimum absolute atomic E-state index is 0.0843. The highest BCUT2D eigenvalue weighted by atomic mass is 35.5. The number of carbonyl (C=O) groups is 1. The molecule has 0 aromatic heterocycles. The summed E-state index contributed by atoms with van der Waals surface area (Å²) in [5.74, 6) is -0.0328. The fourth-order valence-corrected chi connectivity index (χ4v) is 7.71. The van der Waals surface area contributed by atoms with Gasteiger partial charge in [0.15, 0.2) is 15.0 Å². The number of aliphatic imine (C=N–C) groups is 1. The number of amidine groups is 1. The van der Waals surface area contributed by atoms with Gasteiger partial charge in [-0.15, -0.1) is 0 Å². The zero-order valence-electron chi connectivity index (χ0n) is 15.0. The molecule has 0 bridgehead atoms. The average molecular weight is 435 g/mol. The van der Waals surface area contributed by atoms with E-state index in [9.17, 15) is 13.2 Å². The van der Waals surface area contributed by atoms with E-state index in [4.69, 9.17) is 11.6 Å². The molecule has 2 aromatic carbocycles. The number of benzene rings is 2. The number of fused-ring (bicyclic) bond motifs is 1. The van der Waals surface area contributed by atoms with Crippen LogP contribution in [0.5, 0.6) is 0 Å². The second-order valence-electron chi connectivity index (χ2n) is 6.97. The van der Waals surface area contributed by atoms with Crippen molar-refractivity contribution >= 4 is 44.3 Å². The van der Waals surface area contributed by atoms with E-state index in [1.165, 1.54) is 11.8 Å². The van der Waals surface area contributed by atoms with Gasteiger partial charge in [-0.2, -0.15) is 4.99 Å². The number of carbonyl (C=O) groups excluding carboxylic acids is 1. The molecule has 0 radical (unpaired) electrons. The molecule has 146 valence electrons. The molecule has 5 nitrogen and oxygen atoms in total. The summed E-state index contributed by atoms with van der Waals surface area (Å²) >= 11 is 7.69. The second-order valence-corrected chi connectivity index (χ2v) is 10.7. The van der Waals surface area contributed by atoms with Gasteiger partial charge in [0.05, 0.1) is 24.0 Å². The SMILES string of the molecule is O=C(Cc1ccccc1)N=C1S[C@@H]2CS(=O)(=O)C[C@H]2N1Cc1ccccc1Cl. The van der Waals surface area contributed by atoms with Crippen LogP contribution >= 0.6 is 23.4 Å². The average Bonchev–Trinajstić information content (AvgIpc) is 3.10. The summed E-state index contributed by atoms with van der Waals surface area (Å²) in [6.07, 6.45) is 0.221. The van der Waals surface area contributed by atoms with E-state index in [0.717, 1.165) is 11.1 Å². The summed E-state index contributed by atoms with van der Waals surface area (Å²) < 4.78 is 24.2.